The lowest BCUT2D eigenvalue weighted by molar-refractivity contribution is -0.129. The number of methoxy groups -OCH3 is 1. The summed E-state index contributed by atoms with van der Waals surface area (Å²) in [7, 11) is -2.37. The Hall–Kier alpha value is -4.92. The Morgan fingerprint density at radius 1 is 1.04 bits per heavy atom. The number of nitrogens with one attached hydrogen (secondary N) is 3. The number of rotatable bonds is 5. The molecule has 12 nitrogen and oxygen atoms in total. The molecule has 6 bridgehead atoms. The lowest BCUT2D eigenvalue weighted by Crippen LogP contribution is -2.45. The number of ether oxygens (including phenoxy) is 3. The molecule has 3 aromatic carbocycles. The monoisotopic (exact) mass is 690 g/mol. The molecule has 0 spiro atoms. The highest BCUT2D eigenvalue weighted by molar-refractivity contribution is 7.91. The van der Waals surface area contributed by atoms with Gasteiger partial charge in [0.15, 0.2) is 18.1 Å². The number of amides is 3. The van der Waals surface area contributed by atoms with Gasteiger partial charge in [-0.3, -0.25) is 14.4 Å². The number of benzene rings is 3. The summed E-state index contributed by atoms with van der Waals surface area (Å²) >= 11 is 1.05. The summed E-state index contributed by atoms with van der Waals surface area (Å²) in [6.07, 6.45) is -0.699. The summed E-state index contributed by atoms with van der Waals surface area (Å²) in [4.78, 5) is 41.1. The van der Waals surface area contributed by atoms with Gasteiger partial charge in [-0.1, -0.05) is 30.3 Å². The molecule has 0 aliphatic carbocycles. The summed E-state index contributed by atoms with van der Waals surface area (Å²) in [6.45, 7) is 1.68. The van der Waals surface area contributed by atoms with Crippen LogP contribution in [-0.2, 0) is 26.2 Å². The molecule has 1 fully saturated rings. The van der Waals surface area contributed by atoms with Crippen LogP contribution in [0.15, 0.2) is 82.4 Å². The summed E-state index contributed by atoms with van der Waals surface area (Å²) in [5.74, 6) is 0.127. The predicted molar refractivity (Wildman–Crippen MR) is 179 cm³/mol. The third-order valence-electron chi connectivity index (χ3n) is 8.12. The Kier molecular flexibility index (Phi) is 9.66. The van der Waals surface area contributed by atoms with Crippen molar-refractivity contribution in [3.63, 3.8) is 0 Å². The van der Waals surface area contributed by atoms with Crippen LogP contribution >= 0.6 is 11.3 Å². The smallest absolute Gasteiger partial charge is 0.258 e. The summed E-state index contributed by atoms with van der Waals surface area (Å²) < 4.78 is 45.5. The van der Waals surface area contributed by atoms with Gasteiger partial charge >= 0.3 is 0 Å². The number of carbonyl (C=O) groups is 3. The Morgan fingerprint density at radius 2 is 1.90 bits per heavy atom. The number of hydrogen-bond acceptors (Lipinski definition) is 9. The number of thiophene rings is 1. The maximum absolute atomic E-state index is 13.7. The second kappa shape index (κ2) is 14.1. The second-order valence-corrected chi connectivity index (χ2v) is 14.3. The highest BCUT2D eigenvalue weighted by Crippen LogP contribution is 2.32. The fourth-order valence-electron chi connectivity index (χ4n) is 5.55. The Morgan fingerprint density at radius 3 is 2.69 bits per heavy atom. The molecule has 0 radical (unpaired) electrons. The van der Waals surface area contributed by atoms with E-state index in [-0.39, 0.29) is 42.3 Å². The molecule has 0 saturated carbocycles. The molecule has 250 valence electrons. The van der Waals surface area contributed by atoms with Gasteiger partial charge in [-0.05, 0) is 77.0 Å². The molecule has 3 aliphatic rings. The van der Waals surface area contributed by atoms with E-state index in [0.717, 1.165) is 33.6 Å². The minimum absolute atomic E-state index is 0.0808. The largest absolute Gasteiger partial charge is 0.493 e. The topological polar surface area (TPSA) is 152 Å². The van der Waals surface area contributed by atoms with Gasteiger partial charge < -0.3 is 29.7 Å². The van der Waals surface area contributed by atoms with Crippen molar-refractivity contribution in [1.29, 1.82) is 0 Å². The number of sulfonamides is 1. The third kappa shape index (κ3) is 7.46. The van der Waals surface area contributed by atoms with Crippen molar-refractivity contribution in [3.05, 3.63) is 94.9 Å². The predicted octanol–water partition coefficient (Wildman–Crippen LogP) is 3.11. The molecule has 1 saturated heterocycles. The number of fused-ring (bicyclic) bond motifs is 7. The van der Waals surface area contributed by atoms with Gasteiger partial charge in [0, 0.05) is 18.7 Å². The van der Waals surface area contributed by atoms with E-state index < -0.39 is 34.6 Å². The first-order valence-electron chi connectivity index (χ1n) is 15.2. The van der Waals surface area contributed by atoms with Crippen LogP contribution in [0.1, 0.15) is 21.5 Å². The lowest BCUT2D eigenvalue weighted by Gasteiger charge is -2.23. The number of nitrogens with zero attached hydrogens (tertiary/aromatic N) is 1. The third-order valence-corrected chi connectivity index (χ3v) is 10.9. The van der Waals surface area contributed by atoms with Crippen LogP contribution in [0.3, 0.4) is 0 Å². The van der Waals surface area contributed by atoms with Crippen LogP contribution in [-0.4, -0.2) is 76.5 Å². The summed E-state index contributed by atoms with van der Waals surface area (Å²) in [5, 5.41) is 7.53. The molecule has 7 rings (SSSR count). The van der Waals surface area contributed by atoms with Crippen LogP contribution in [0.25, 0.3) is 11.1 Å². The van der Waals surface area contributed by atoms with E-state index >= 15 is 0 Å². The number of hydrogen-bond donors (Lipinski definition) is 3. The van der Waals surface area contributed by atoms with E-state index in [2.05, 4.69) is 15.4 Å². The summed E-state index contributed by atoms with van der Waals surface area (Å²) in [5.41, 5.74) is 3.70. The van der Waals surface area contributed by atoms with Crippen molar-refractivity contribution in [3.8, 4) is 28.4 Å². The zero-order valence-corrected chi connectivity index (χ0v) is 27.9. The minimum Gasteiger partial charge on any atom is -0.493 e. The van der Waals surface area contributed by atoms with Crippen LogP contribution < -0.4 is 29.6 Å². The maximum Gasteiger partial charge on any atom is 0.258 e. The average molecular weight is 691 g/mol. The average Bonchev–Trinajstić information content (AvgIpc) is 3.77. The quantitative estimate of drug-likeness (QED) is 0.289. The van der Waals surface area contributed by atoms with Crippen molar-refractivity contribution in [2.45, 2.75) is 29.8 Å². The van der Waals surface area contributed by atoms with Crippen molar-refractivity contribution in [1.82, 2.24) is 20.3 Å². The van der Waals surface area contributed by atoms with Crippen LogP contribution in [0.2, 0.25) is 0 Å². The highest BCUT2D eigenvalue weighted by Gasteiger charge is 2.39. The van der Waals surface area contributed by atoms with Crippen molar-refractivity contribution in [2.75, 3.05) is 33.4 Å². The van der Waals surface area contributed by atoms with Crippen molar-refractivity contribution < 1.29 is 37.0 Å². The van der Waals surface area contributed by atoms with Gasteiger partial charge in [0.1, 0.15) is 16.1 Å². The molecule has 3 amide bonds. The van der Waals surface area contributed by atoms with E-state index in [1.807, 2.05) is 31.2 Å². The second-order valence-electron chi connectivity index (χ2n) is 11.4. The zero-order valence-electron chi connectivity index (χ0n) is 26.2. The molecule has 14 heteroatoms. The van der Waals surface area contributed by atoms with E-state index in [0.29, 0.717) is 22.8 Å². The number of carbonyl (C=O) groups excluding carboxylic acids is 3. The molecule has 1 aromatic heterocycles. The molecule has 4 aromatic rings. The Labute approximate surface area is 282 Å². The van der Waals surface area contributed by atoms with Crippen LogP contribution in [0.4, 0.5) is 0 Å². The van der Waals surface area contributed by atoms with Gasteiger partial charge in [0.05, 0.1) is 26.2 Å². The molecule has 3 N–H and O–H groups in total. The molecule has 0 unspecified atom stereocenters. The van der Waals surface area contributed by atoms with Gasteiger partial charge in [-0.2, -0.15) is 0 Å². The van der Waals surface area contributed by atoms with Gasteiger partial charge in [0.2, 0.25) is 5.91 Å². The highest BCUT2D eigenvalue weighted by atomic mass is 32.2. The van der Waals surface area contributed by atoms with Gasteiger partial charge in [0.25, 0.3) is 21.8 Å². The van der Waals surface area contributed by atoms with Crippen molar-refractivity contribution >= 4 is 39.1 Å². The molecule has 48 heavy (non-hydrogen) atoms. The standard InChI is InChI=1S/C34H34N4O8S2/c1-21-8-10-24-15-26(21)23-5-3-6-25(14-23)45-20-31(39)35-16-22-9-11-28(29(13-22)44-2)46-30-19-38(18-27(30)37-34(24)41)32(40)17-36-48(42,43)33-7-4-12-47-33/h3-15,27,30,36H,16-20H2,1-2H3,(H,35,39)(H,37,41)/t27-,30-/m0/s1. The van der Waals surface area contributed by atoms with E-state index in [1.54, 1.807) is 47.8 Å². The molecule has 2 atom stereocenters. The SMILES string of the molecule is COc1cc2ccc1O[C@H]1CN(C(=O)CNS(=O)(=O)c3cccs3)C[C@@H]1NC(=O)c1ccc(C)c(c1)-c1cccc(c1)OCC(=O)NC2. The number of likely N-dealkylation sites (tertiary alicyclic amines) is 1. The normalized spacial score (nSPS) is 18.2. The molecule has 3 aliphatic heterocycles. The Bertz CT molecular complexity index is 1950. The van der Waals surface area contributed by atoms with E-state index in [4.69, 9.17) is 14.2 Å². The lowest BCUT2D eigenvalue weighted by atomic mass is 9.97. The minimum atomic E-state index is -3.86. The zero-order chi connectivity index (χ0) is 33.8. The molecule has 4 heterocycles. The summed E-state index contributed by atoms with van der Waals surface area (Å²) in [6, 6.07) is 20.3. The molecular weight excluding hydrogens is 657 g/mol. The Balaban J connectivity index is 1.30. The first kappa shape index (κ1) is 33.0. The molecular formula is C34H34N4O8S2. The van der Waals surface area contributed by atoms with Gasteiger partial charge in [-0.25, -0.2) is 13.1 Å². The first-order chi connectivity index (χ1) is 23.1. The van der Waals surface area contributed by atoms with Crippen LogP contribution in [0.5, 0.6) is 17.2 Å². The van der Waals surface area contributed by atoms with E-state index in [9.17, 15) is 22.8 Å². The van der Waals surface area contributed by atoms with Gasteiger partial charge in [-0.15, -0.1) is 11.3 Å². The first-order valence-corrected chi connectivity index (χ1v) is 17.5. The fraction of sp³-hybridized carbons (Fsp3) is 0.265. The fourth-order valence-corrected chi connectivity index (χ4v) is 7.57. The van der Waals surface area contributed by atoms with Crippen LogP contribution in [0, 0.1) is 6.92 Å². The van der Waals surface area contributed by atoms with E-state index in [1.165, 1.54) is 18.1 Å². The van der Waals surface area contributed by atoms with Crippen molar-refractivity contribution in [2.24, 2.45) is 0 Å². The maximum atomic E-state index is 13.7. The number of aryl methyl sites for hydroxylation is 1.